The van der Waals surface area contributed by atoms with Crippen molar-refractivity contribution in [3.8, 4) is 5.75 Å². The largest absolute Gasteiger partial charge is 0.505 e. The summed E-state index contributed by atoms with van der Waals surface area (Å²) in [6.45, 7) is 0. The zero-order chi connectivity index (χ0) is 10.0. The van der Waals surface area contributed by atoms with Crippen molar-refractivity contribution in [1.82, 2.24) is 0 Å². The second-order valence-electron chi connectivity index (χ2n) is 2.48. The van der Waals surface area contributed by atoms with Gasteiger partial charge in [-0.15, -0.1) is 0 Å². The van der Waals surface area contributed by atoms with Crippen LogP contribution >= 0.6 is 34.2 Å². The third kappa shape index (κ3) is 2.73. The molecule has 0 heterocycles. The first kappa shape index (κ1) is 10.6. The minimum Gasteiger partial charge on any atom is -0.505 e. The number of halogens is 2. The Kier molecular flexibility index (Phi) is 3.38. The van der Waals surface area contributed by atoms with Crippen LogP contribution in [0.5, 0.6) is 5.75 Å². The van der Waals surface area contributed by atoms with Crippen molar-refractivity contribution in [2.45, 2.75) is 6.42 Å². The Labute approximate surface area is 93.5 Å². The van der Waals surface area contributed by atoms with Gasteiger partial charge in [0.2, 0.25) is 0 Å². The van der Waals surface area contributed by atoms with Gasteiger partial charge in [0.05, 0.1) is 15.0 Å². The zero-order valence-electron chi connectivity index (χ0n) is 6.42. The molecular formula is C8H6ClIO3. The fourth-order valence-corrected chi connectivity index (χ4v) is 1.99. The van der Waals surface area contributed by atoms with E-state index in [0.717, 1.165) is 0 Å². The molecule has 0 spiro atoms. The molecule has 13 heavy (non-hydrogen) atoms. The van der Waals surface area contributed by atoms with E-state index in [1.807, 2.05) is 22.6 Å². The van der Waals surface area contributed by atoms with Crippen molar-refractivity contribution in [3.05, 3.63) is 26.3 Å². The van der Waals surface area contributed by atoms with Crippen molar-refractivity contribution in [2.24, 2.45) is 0 Å². The van der Waals surface area contributed by atoms with Crippen LogP contribution in [0.4, 0.5) is 0 Å². The Morgan fingerprint density at radius 1 is 1.54 bits per heavy atom. The molecule has 0 atom stereocenters. The Morgan fingerprint density at radius 3 is 2.62 bits per heavy atom. The van der Waals surface area contributed by atoms with Gasteiger partial charge in [0.15, 0.2) is 0 Å². The number of phenols is 1. The molecule has 1 rings (SSSR count). The first-order valence-electron chi connectivity index (χ1n) is 3.39. The highest BCUT2D eigenvalue weighted by molar-refractivity contribution is 14.1. The number of carboxylic acid groups (broad SMARTS) is 1. The maximum atomic E-state index is 10.4. The number of carbonyl (C=O) groups is 1. The average Bonchev–Trinajstić information content (AvgIpc) is 1.98. The van der Waals surface area contributed by atoms with Gasteiger partial charge >= 0.3 is 5.97 Å². The maximum absolute atomic E-state index is 10.4. The van der Waals surface area contributed by atoms with Gasteiger partial charge < -0.3 is 10.2 Å². The van der Waals surface area contributed by atoms with Crippen molar-refractivity contribution in [2.75, 3.05) is 0 Å². The van der Waals surface area contributed by atoms with Crippen molar-refractivity contribution >= 4 is 40.2 Å². The van der Waals surface area contributed by atoms with Crippen LogP contribution in [0, 0.1) is 3.57 Å². The lowest BCUT2D eigenvalue weighted by atomic mass is 10.1. The lowest BCUT2D eigenvalue weighted by Crippen LogP contribution is -2.00. The lowest BCUT2D eigenvalue weighted by molar-refractivity contribution is -0.136. The molecule has 1 aromatic rings. The molecule has 1 aromatic carbocycles. The van der Waals surface area contributed by atoms with E-state index in [9.17, 15) is 9.90 Å². The van der Waals surface area contributed by atoms with Gasteiger partial charge in [-0.3, -0.25) is 4.79 Å². The van der Waals surface area contributed by atoms with Crippen LogP contribution in [0.25, 0.3) is 0 Å². The van der Waals surface area contributed by atoms with Crippen LogP contribution in [0.2, 0.25) is 5.02 Å². The van der Waals surface area contributed by atoms with Gasteiger partial charge in [-0.2, -0.15) is 0 Å². The quantitative estimate of drug-likeness (QED) is 0.824. The third-order valence-corrected chi connectivity index (χ3v) is 2.54. The van der Waals surface area contributed by atoms with Crippen molar-refractivity contribution in [3.63, 3.8) is 0 Å². The van der Waals surface area contributed by atoms with Crippen LogP contribution in [-0.4, -0.2) is 16.2 Å². The number of hydrogen-bond acceptors (Lipinski definition) is 2. The van der Waals surface area contributed by atoms with Gasteiger partial charge in [-0.1, -0.05) is 11.6 Å². The average molecular weight is 312 g/mol. The molecule has 0 radical (unpaired) electrons. The second kappa shape index (κ2) is 4.15. The Hall–Kier alpha value is -0.490. The van der Waals surface area contributed by atoms with Gasteiger partial charge in [0, 0.05) is 0 Å². The van der Waals surface area contributed by atoms with Crippen LogP contribution in [0.15, 0.2) is 12.1 Å². The number of hydrogen-bond donors (Lipinski definition) is 2. The molecule has 0 aromatic heterocycles. The number of benzene rings is 1. The summed E-state index contributed by atoms with van der Waals surface area (Å²) in [6, 6.07) is 3.04. The van der Waals surface area contributed by atoms with Gasteiger partial charge in [-0.25, -0.2) is 0 Å². The summed E-state index contributed by atoms with van der Waals surface area (Å²) < 4.78 is 0.557. The summed E-state index contributed by atoms with van der Waals surface area (Å²) in [6.07, 6.45) is -0.0873. The number of aliphatic carboxylic acids is 1. The van der Waals surface area contributed by atoms with Crippen LogP contribution in [0.3, 0.4) is 0 Å². The second-order valence-corrected chi connectivity index (χ2v) is 4.05. The predicted octanol–water partition coefficient (Wildman–Crippen LogP) is 2.28. The topological polar surface area (TPSA) is 57.5 Å². The Balaban J connectivity index is 3.06. The van der Waals surface area contributed by atoms with Crippen molar-refractivity contribution in [1.29, 1.82) is 0 Å². The van der Waals surface area contributed by atoms with E-state index in [-0.39, 0.29) is 17.2 Å². The minimum atomic E-state index is -0.919. The molecule has 0 saturated carbocycles. The molecule has 0 saturated heterocycles. The summed E-state index contributed by atoms with van der Waals surface area (Å²) in [5.74, 6) is -0.922. The highest BCUT2D eigenvalue weighted by Crippen LogP contribution is 2.30. The molecule has 3 nitrogen and oxygen atoms in total. The molecule has 5 heteroatoms. The Morgan fingerprint density at radius 2 is 2.15 bits per heavy atom. The van der Waals surface area contributed by atoms with E-state index in [0.29, 0.717) is 9.13 Å². The zero-order valence-corrected chi connectivity index (χ0v) is 9.33. The van der Waals surface area contributed by atoms with E-state index in [4.69, 9.17) is 16.7 Å². The van der Waals surface area contributed by atoms with Gasteiger partial charge in [0.1, 0.15) is 5.75 Å². The van der Waals surface area contributed by atoms with Crippen molar-refractivity contribution < 1.29 is 15.0 Å². The molecule has 0 aliphatic carbocycles. The first-order valence-corrected chi connectivity index (χ1v) is 4.85. The predicted molar refractivity (Wildman–Crippen MR) is 57.2 cm³/mol. The fraction of sp³-hybridized carbons (Fsp3) is 0.125. The van der Waals surface area contributed by atoms with Crippen LogP contribution < -0.4 is 0 Å². The number of carboxylic acids is 1. The molecule has 0 aliphatic heterocycles. The molecule has 2 N–H and O–H groups in total. The smallest absolute Gasteiger partial charge is 0.307 e. The number of aromatic hydroxyl groups is 1. The lowest BCUT2D eigenvalue weighted by Gasteiger charge is -2.03. The highest BCUT2D eigenvalue weighted by atomic mass is 127. The molecule has 0 unspecified atom stereocenters. The number of phenolic OH excluding ortho intramolecular Hbond substituents is 1. The summed E-state index contributed by atoms with van der Waals surface area (Å²) in [5.41, 5.74) is 0.583. The van der Waals surface area contributed by atoms with E-state index < -0.39 is 5.97 Å². The highest BCUT2D eigenvalue weighted by Gasteiger charge is 2.08. The summed E-state index contributed by atoms with van der Waals surface area (Å²) in [7, 11) is 0. The molecule has 0 bridgehead atoms. The number of rotatable bonds is 2. The summed E-state index contributed by atoms with van der Waals surface area (Å²) in [5, 5.41) is 18.0. The monoisotopic (exact) mass is 312 g/mol. The Bertz CT molecular complexity index is 328. The van der Waals surface area contributed by atoms with Gasteiger partial charge in [0.25, 0.3) is 0 Å². The first-order chi connectivity index (χ1) is 6.00. The molecule has 0 fully saturated rings. The normalized spacial score (nSPS) is 10.0. The van der Waals surface area contributed by atoms with E-state index in [1.165, 1.54) is 6.07 Å². The van der Waals surface area contributed by atoms with E-state index >= 15 is 0 Å². The molecule has 0 aliphatic rings. The van der Waals surface area contributed by atoms with Crippen LogP contribution in [-0.2, 0) is 11.2 Å². The standard InChI is InChI=1S/C8H6ClIO3/c9-5-1-4(3-7(11)12)2-6(10)8(5)13/h1-2,13H,3H2,(H,11,12). The van der Waals surface area contributed by atoms with E-state index in [2.05, 4.69) is 0 Å². The fourth-order valence-electron chi connectivity index (χ4n) is 0.895. The van der Waals surface area contributed by atoms with E-state index in [1.54, 1.807) is 6.07 Å². The third-order valence-electron chi connectivity index (χ3n) is 1.43. The minimum absolute atomic E-state index is 0.00333. The molecular weight excluding hydrogens is 306 g/mol. The summed E-state index contributed by atoms with van der Waals surface area (Å²) in [4.78, 5) is 10.4. The SMILES string of the molecule is O=C(O)Cc1cc(Cl)c(O)c(I)c1. The molecule has 70 valence electrons. The summed E-state index contributed by atoms with van der Waals surface area (Å²) >= 11 is 7.55. The molecule has 0 amide bonds. The maximum Gasteiger partial charge on any atom is 0.307 e. The van der Waals surface area contributed by atoms with Crippen LogP contribution in [0.1, 0.15) is 5.56 Å². The van der Waals surface area contributed by atoms with Gasteiger partial charge in [-0.05, 0) is 40.3 Å².